The first-order valence-electron chi connectivity index (χ1n) is 9.92. The fraction of sp³-hybridized carbons (Fsp3) is 0.450. The zero-order chi connectivity index (χ0) is 20.4. The molecule has 1 fully saturated rings. The summed E-state index contributed by atoms with van der Waals surface area (Å²) in [5.74, 6) is 0.0828. The summed E-state index contributed by atoms with van der Waals surface area (Å²) >= 11 is 0. The van der Waals surface area contributed by atoms with Crippen molar-refractivity contribution in [3.05, 3.63) is 45.9 Å². The van der Waals surface area contributed by atoms with Crippen molar-refractivity contribution < 1.29 is 9.59 Å². The SMILES string of the molecule is Cc1ccc(N2CCn3c2nnc(C(=O)NCCCN2CCCC2=O)c3=O)cc1. The number of anilines is 2. The predicted octanol–water partition coefficient (Wildman–Crippen LogP) is 0.841. The molecule has 0 bridgehead atoms. The van der Waals surface area contributed by atoms with Gasteiger partial charge >= 0.3 is 0 Å². The number of hydrogen-bond acceptors (Lipinski definition) is 6. The molecule has 9 nitrogen and oxygen atoms in total. The van der Waals surface area contributed by atoms with E-state index < -0.39 is 11.5 Å². The maximum Gasteiger partial charge on any atom is 0.286 e. The lowest BCUT2D eigenvalue weighted by molar-refractivity contribution is -0.127. The average Bonchev–Trinajstić information content (AvgIpc) is 3.33. The van der Waals surface area contributed by atoms with Crippen molar-refractivity contribution in [2.45, 2.75) is 32.7 Å². The Kier molecular flexibility index (Phi) is 5.28. The van der Waals surface area contributed by atoms with E-state index in [0.717, 1.165) is 24.2 Å². The van der Waals surface area contributed by atoms with E-state index >= 15 is 0 Å². The van der Waals surface area contributed by atoms with Crippen molar-refractivity contribution >= 4 is 23.5 Å². The maximum atomic E-state index is 12.7. The predicted molar refractivity (Wildman–Crippen MR) is 107 cm³/mol. The van der Waals surface area contributed by atoms with Gasteiger partial charge in [0.25, 0.3) is 11.5 Å². The standard InChI is InChI=1S/C20H24N6O3/c1-14-5-7-15(8-6-14)25-12-13-26-19(29)17(22-23-20(25)26)18(28)21-9-3-11-24-10-2-4-16(24)27/h5-8H,2-4,9-13H2,1H3,(H,21,28). The highest BCUT2D eigenvalue weighted by Crippen LogP contribution is 2.26. The summed E-state index contributed by atoms with van der Waals surface area (Å²) in [6.07, 6.45) is 2.14. The van der Waals surface area contributed by atoms with Crippen LogP contribution in [0, 0.1) is 6.92 Å². The molecule has 1 saturated heterocycles. The largest absolute Gasteiger partial charge is 0.350 e. The van der Waals surface area contributed by atoms with Gasteiger partial charge in [-0.15, -0.1) is 10.2 Å². The molecule has 2 amide bonds. The van der Waals surface area contributed by atoms with Gasteiger partial charge in [-0.3, -0.25) is 19.0 Å². The summed E-state index contributed by atoms with van der Waals surface area (Å²) < 4.78 is 1.49. The Hall–Kier alpha value is -3.23. The first kappa shape index (κ1) is 19.1. The minimum absolute atomic E-state index is 0.164. The number of rotatable bonds is 6. The van der Waals surface area contributed by atoms with Crippen molar-refractivity contribution in [1.29, 1.82) is 0 Å². The molecule has 0 saturated carbocycles. The Morgan fingerprint density at radius 2 is 1.90 bits per heavy atom. The maximum absolute atomic E-state index is 12.7. The number of nitrogens with zero attached hydrogens (tertiary/aromatic N) is 5. The van der Waals surface area contributed by atoms with Crippen LogP contribution in [0.2, 0.25) is 0 Å². The highest BCUT2D eigenvalue weighted by atomic mass is 16.2. The molecule has 0 radical (unpaired) electrons. The number of nitrogens with one attached hydrogen (secondary N) is 1. The second kappa shape index (κ2) is 8.02. The quantitative estimate of drug-likeness (QED) is 0.727. The van der Waals surface area contributed by atoms with Crippen molar-refractivity contribution in [3.63, 3.8) is 0 Å². The van der Waals surface area contributed by atoms with E-state index in [2.05, 4.69) is 15.5 Å². The van der Waals surface area contributed by atoms with Crippen molar-refractivity contribution in [3.8, 4) is 0 Å². The molecule has 1 aromatic heterocycles. The minimum atomic E-state index is -0.528. The lowest BCUT2D eigenvalue weighted by Crippen LogP contribution is -2.36. The van der Waals surface area contributed by atoms with Gasteiger partial charge in [0, 0.05) is 44.8 Å². The first-order valence-corrected chi connectivity index (χ1v) is 9.92. The summed E-state index contributed by atoms with van der Waals surface area (Å²) in [5.41, 5.74) is 1.45. The highest BCUT2D eigenvalue weighted by molar-refractivity contribution is 5.91. The Morgan fingerprint density at radius 1 is 1.10 bits per heavy atom. The molecule has 1 aromatic carbocycles. The zero-order valence-electron chi connectivity index (χ0n) is 16.4. The number of carbonyl (C=O) groups is 2. The van der Waals surface area contributed by atoms with E-state index in [-0.39, 0.29) is 11.6 Å². The summed E-state index contributed by atoms with van der Waals surface area (Å²) in [4.78, 5) is 40.4. The van der Waals surface area contributed by atoms with E-state index in [1.807, 2.05) is 36.1 Å². The van der Waals surface area contributed by atoms with Crippen LogP contribution in [0.15, 0.2) is 29.1 Å². The van der Waals surface area contributed by atoms with Gasteiger partial charge in [0.2, 0.25) is 17.5 Å². The third-order valence-electron chi connectivity index (χ3n) is 5.34. The van der Waals surface area contributed by atoms with E-state index in [1.165, 1.54) is 4.57 Å². The van der Waals surface area contributed by atoms with Gasteiger partial charge in [0.1, 0.15) is 0 Å². The molecular weight excluding hydrogens is 372 g/mol. The molecule has 152 valence electrons. The topological polar surface area (TPSA) is 100 Å². The van der Waals surface area contributed by atoms with Crippen LogP contribution >= 0.6 is 0 Å². The normalized spacial score (nSPS) is 15.7. The number of hydrogen-bond donors (Lipinski definition) is 1. The van der Waals surface area contributed by atoms with E-state index in [0.29, 0.717) is 45.0 Å². The summed E-state index contributed by atoms with van der Waals surface area (Å²) in [5, 5.41) is 10.8. The van der Waals surface area contributed by atoms with Gasteiger partial charge in [-0.05, 0) is 31.9 Å². The van der Waals surface area contributed by atoms with Crippen LogP contribution in [0.3, 0.4) is 0 Å². The monoisotopic (exact) mass is 396 g/mol. The molecule has 0 atom stereocenters. The number of benzene rings is 1. The third-order valence-corrected chi connectivity index (χ3v) is 5.34. The van der Waals surface area contributed by atoms with Gasteiger partial charge in [0.05, 0.1) is 0 Å². The minimum Gasteiger partial charge on any atom is -0.350 e. The van der Waals surface area contributed by atoms with Crippen molar-refractivity contribution in [2.24, 2.45) is 0 Å². The molecule has 2 aliphatic heterocycles. The van der Waals surface area contributed by atoms with E-state index in [4.69, 9.17) is 0 Å². The van der Waals surface area contributed by atoms with Crippen LogP contribution < -0.4 is 15.8 Å². The van der Waals surface area contributed by atoms with Gasteiger partial charge in [0.15, 0.2) is 0 Å². The lowest BCUT2D eigenvalue weighted by atomic mass is 10.2. The third kappa shape index (κ3) is 3.85. The van der Waals surface area contributed by atoms with Crippen LogP contribution in [0.1, 0.15) is 35.3 Å². The molecule has 0 unspecified atom stereocenters. The smallest absolute Gasteiger partial charge is 0.286 e. The van der Waals surface area contributed by atoms with Crippen LogP contribution in [0.5, 0.6) is 0 Å². The molecule has 29 heavy (non-hydrogen) atoms. The van der Waals surface area contributed by atoms with Crippen LogP contribution in [0.25, 0.3) is 0 Å². The number of likely N-dealkylation sites (tertiary alicyclic amines) is 1. The fourth-order valence-electron chi connectivity index (χ4n) is 3.72. The Morgan fingerprint density at radius 3 is 2.62 bits per heavy atom. The van der Waals surface area contributed by atoms with Gasteiger partial charge < -0.3 is 15.1 Å². The van der Waals surface area contributed by atoms with Gasteiger partial charge in [-0.2, -0.15) is 0 Å². The second-order valence-corrected chi connectivity index (χ2v) is 7.39. The molecule has 0 aliphatic carbocycles. The number of aromatic nitrogens is 3. The molecule has 4 rings (SSSR count). The van der Waals surface area contributed by atoms with Crippen molar-refractivity contribution in [2.75, 3.05) is 31.1 Å². The lowest BCUT2D eigenvalue weighted by Gasteiger charge is -2.17. The average molecular weight is 396 g/mol. The Labute approximate surface area is 168 Å². The number of carbonyl (C=O) groups excluding carboxylic acids is 2. The number of aryl methyl sites for hydroxylation is 1. The summed E-state index contributed by atoms with van der Waals surface area (Å²) in [6, 6.07) is 7.95. The number of fused-ring (bicyclic) bond motifs is 1. The molecule has 3 heterocycles. The molecule has 9 heteroatoms. The van der Waals surface area contributed by atoms with Gasteiger partial charge in [-0.1, -0.05) is 17.7 Å². The first-order chi connectivity index (χ1) is 14.0. The van der Waals surface area contributed by atoms with E-state index in [1.54, 1.807) is 4.90 Å². The summed E-state index contributed by atoms with van der Waals surface area (Å²) in [6.45, 7) is 4.83. The highest BCUT2D eigenvalue weighted by Gasteiger charge is 2.27. The Bertz CT molecular complexity index is 985. The summed E-state index contributed by atoms with van der Waals surface area (Å²) in [7, 11) is 0. The molecule has 1 N–H and O–H groups in total. The fourth-order valence-corrected chi connectivity index (χ4v) is 3.72. The molecule has 2 aromatic rings. The van der Waals surface area contributed by atoms with Crippen LogP contribution in [-0.2, 0) is 11.3 Å². The molecule has 2 aliphatic rings. The van der Waals surface area contributed by atoms with Crippen LogP contribution in [0.4, 0.5) is 11.6 Å². The van der Waals surface area contributed by atoms with Crippen LogP contribution in [-0.4, -0.2) is 57.7 Å². The zero-order valence-corrected chi connectivity index (χ0v) is 16.4. The van der Waals surface area contributed by atoms with Crippen molar-refractivity contribution in [1.82, 2.24) is 25.0 Å². The van der Waals surface area contributed by atoms with Gasteiger partial charge in [-0.25, -0.2) is 0 Å². The molecule has 0 spiro atoms. The second-order valence-electron chi connectivity index (χ2n) is 7.39. The number of amides is 2. The Balaban J connectivity index is 1.40. The molecular formula is C20H24N6O3. The van der Waals surface area contributed by atoms with E-state index in [9.17, 15) is 14.4 Å².